The largest absolute Gasteiger partial charge is 0.353 e. The molecule has 1 heterocycles. The topological polar surface area (TPSA) is 66.0 Å². The lowest BCUT2D eigenvalue weighted by molar-refractivity contribution is -0.236. The standard InChI is InChI=1S/C13H18N2O2/c1-4-16-12-10(2)5-6-13(3,17-12)7-11(8-14)9-15/h7,10,12H,4-6H2,1-3H3/t10-,12-,13+/m1/s1. The van der Waals surface area contributed by atoms with E-state index in [-0.39, 0.29) is 11.9 Å². The summed E-state index contributed by atoms with van der Waals surface area (Å²) in [6, 6.07) is 3.72. The third kappa shape index (κ3) is 3.56. The van der Waals surface area contributed by atoms with Crippen molar-refractivity contribution < 1.29 is 9.47 Å². The average Bonchev–Trinajstić information content (AvgIpc) is 2.32. The van der Waals surface area contributed by atoms with Gasteiger partial charge in [-0.25, -0.2) is 0 Å². The van der Waals surface area contributed by atoms with Gasteiger partial charge in [-0.15, -0.1) is 0 Å². The molecular formula is C13H18N2O2. The zero-order chi connectivity index (χ0) is 12.9. The Balaban J connectivity index is 2.82. The summed E-state index contributed by atoms with van der Waals surface area (Å²) in [6.07, 6.45) is 3.10. The number of allylic oxidation sites excluding steroid dienone is 1. The van der Waals surface area contributed by atoms with Crippen LogP contribution < -0.4 is 0 Å². The maximum atomic E-state index is 8.76. The molecule has 0 aromatic carbocycles. The molecule has 3 atom stereocenters. The highest BCUT2D eigenvalue weighted by Crippen LogP contribution is 2.34. The summed E-state index contributed by atoms with van der Waals surface area (Å²) in [6.45, 7) is 6.49. The van der Waals surface area contributed by atoms with Crippen LogP contribution in [0.2, 0.25) is 0 Å². The van der Waals surface area contributed by atoms with Gasteiger partial charge < -0.3 is 9.47 Å². The lowest BCUT2D eigenvalue weighted by atomic mass is 9.88. The Labute approximate surface area is 102 Å². The molecule has 1 fully saturated rings. The Morgan fingerprint density at radius 1 is 1.53 bits per heavy atom. The van der Waals surface area contributed by atoms with Gasteiger partial charge in [0.15, 0.2) is 6.29 Å². The first-order valence-corrected chi connectivity index (χ1v) is 5.87. The molecule has 0 aromatic rings. The molecule has 0 amide bonds. The van der Waals surface area contributed by atoms with E-state index in [1.165, 1.54) is 0 Å². The normalized spacial score (nSPS) is 32.3. The van der Waals surface area contributed by atoms with Crippen molar-refractivity contribution in [1.82, 2.24) is 0 Å². The third-order valence-corrected chi connectivity index (χ3v) is 2.97. The SMILES string of the molecule is CCO[C@@H]1O[C@](C)(C=C(C#N)C#N)CC[C@H]1C. The second kappa shape index (κ2) is 5.82. The zero-order valence-corrected chi connectivity index (χ0v) is 10.6. The average molecular weight is 234 g/mol. The highest BCUT2D eigenvalue weighted by molar-refractivity contribution is 5.37. The van der Waals surface area contributed by atoms with Crippen LogP contribution in [0.3, 0.4) is 0 Å². The van der Waals surface area contributed by atoms with Gasteiger partial charge in [-0.2, -0.15) is 10.5 Å². The molecule has 0 unspecified atom stereocenters. The summed E-state index contributed by atoms with van der Waals surface area (Å²) in [4.78, 5) is 0. The van der Waals surface area contributed by atoms with Crippen LogP contribution in [0.1, 0.15) is 33.6 Å². The van der Waals surface area contributed by atoms with Gasteiger partial charge in [-0.1, -0.05) is 6.92 Å². The second-order valence-corrected chi connectivity index (χ2v) is 4.55. The van der Waals surface area contributed by atoms with E-state index in [0.29, 0.717) is 12.5 Å². The molecule has 0 aliphatic carbocycles. The molecule has 1 rings (SSSR count). The summed E-state index contributed by atoms with van der Waals surface area (Å²) in [5.41, 5.74) is -0.482. The van der Waals surface area contributed by atoms with Crippen LogP contribution in [0, 0.1) is 28.6 Å². The van der Waals surface area contributed by atoms with E-state index in [1.807, 2.05) is 26.0 Å². The molecule has 0 bridgehead atoms. The Kier molecular flexibility index (Phi) is 4.69. The molecule has 0 spiro atoms. The predicted octanol–water partition coefficient (Wildman–Crippen LogP) is 2.53. The Bertz CT molecular complexity index is 362. The van der Waals surface area contributed by atoms with Gasteiger partial charge in [0.2, 0.25) is 0 Å². The van der Waals surface area contributed by atoms with E-state index in [9.17, 15) is 0 Å². The number of rotatable bonds is 3. The number of nitrogens with zero attached hydrogens (tertiary/aromatic N) is 2. The van der Waals surface area contributed by atoms with Crippen LogP contribution in [0.15, 0.2) is 11.6 Å². The smallest absolute Gasteiger partial charge is 0.161 e. The minimum Gasteiger partial charge on any atom is -0.353 e. The maximum absolute atomic E-state index is 8.76. The molecule has 1 aliphatic rings. The molecule has 1 saturated heterocycles. The zero-order valence-electron chi connectivity index (χ0n) is 10.6. The van der Waals surface area contributed by atoms with Gasteiger partial charge in [0, 0.05) is 12.5 Å². The molecule has 4 nitrogen and oxygen atoms in total. The Hall–Kier alpha value is -1.36. The molecule has 92 valence electrons. The molecule has 0 radical (unpaired) electrons. The Morgan fingerprint density at radius 2 is 2.18 bits per heavy atom. The fourth-order valence-electron chi connectivity index (χ4n) is 1.95. The van der Waals surface area contributed by atoms with Crippen LogP contribution in [0.25, 0.3) is 0 Å². The van der Waals surface area contributed by atoms with Crippen molar-refractivity contribution in [2.45, 2.75) is 45.5 Å². The molecule has 17 heavy (non-hydrogen) atoms. The van der Waals surface area contributed by atoms with Gasteiger partial charge in [0.25, 0.3) is 0 Å². The minimum absolute atomic E-state index is 0.0947. The van der Waals surface area contributed by atoms with Gasteiger partial charge >= 0.3 is 0 Å². The van der Waals surface area contributed by atoms with E-state index in [4.69, 9.17) is 20.0 Å². The molecule has 0 saturated carbocycles. The van der Waals surface area contributed by atoms with Gasteiger partial charge in [0.1, 0.15) is 17.7 Å². The number of hydrogen-bond acceptors (Lipinski definition) is 4. The van der Waals surface area contributed by atoms with E-state index in [0.717, 1.165) is 12.8 Å². The van der Waals surface area contributed by atoms with Gasteiger partial charge in [0.05, 0.1) is 5.60 Å². The summed E-state index contributed by atoms with van der Waals surface area (Å²) in [7, 11) is 0. The lowest BCUT2D eigenvalue weighted by Gasteiger charge is -2.39. The predicted molar refractivity (Wildman–Crippen MR) is 62.6 cm³/mol. The van der Waals surface area contributed by atoms with E-state index < -0.39 is 5.60 Å². The molecule has 4 heteroatoms. The lowest BCUT2D eigenvalue weighted by Crippen LogP contribution is -2.42. The van der Waals surface area contributed by atoms with Crippen molar-refractivity contribution in [3.63, 3.8) is 0 Å². The summed E-state index contributed by atoms with van der Waals surface area (Å²) >= 11 is 0. The van der Waals surface area contributed by atoms with Crippen molar-refractivity contribution in [1.29, 1.82) is 10.5 Å². The Morgan fingerprint density at radius 3 is 2.71 bits per heavy atom. The van der Waals surface area contributed by atoms with Crippen LogP contribution >= 0.6 is 0 Å². The highest BCUT2D eigenvalue weighted by Gasteiger charge is 2.36. The van der Waals surface area contributed by atoms with Crippen LogP contribution in [-0.4, -0.2) is 18.5 Å². The van der Waals surface area contributed by atoms with Gasteiger partial charge in [-0.05, 0) is 32.8 Å². The van der Waals surface area contributed by atoms with Crippen molar-refractivity contribution in [3.05, 3.63) is 11.6 Å². The van der Waals surface area contributed by atoms with E-state index in [1.54, 1.807) is 6.08 Å². The minimum atomic E-state index is -0.576. The van der Waals surface area contributed by atoms with E-state index in [2.05, 4.69) is 6.92 Å². The number of hydrogen-bond donors (Lipinski definition) is 0. The van der Waals surface area contributed by atoms with Crippen LogP contribution in [0.4, 0.5) is 0 Å². The van der Waals surface area contributed by atoms with E-state index >= 15 is 0 Å². The second-order valence-electron chi connectivity index (χ2n) is 4.55. The van der Waals surface area contributed by atoms with Crippen LogP contribution in [-0.2, 0) is 9.47 Å². The van der Waals surface area contributed by atoms with Crippen molar-refractivity contribution in [2.75, 3.05) is 6.61 Å². The quantitative estimate of drug-likeness (QED) is 0.704. The summed E-state index contributed by atoms with van der Waals surface area (Å²) in [5.74, 6) is 0.337. The van der Waals surface area contributed by atoms with Crippen molar-refractivity contribution >= 4 is 0 Å². The summed E-state index contributed by atoms with van der Waals surface area (Å²) in [5, 5.41) is 17.5. The molecule has 0 N–H and O–H groups in total. The molecular weight excluding hydrogens is 216 g/mol. The third-order valence-electron chi connectivity index (χ3n) is 2.97. The van der Waals surface area contributed by atoms with Crippen LogP contribution in [0.5, 0.6) is 0 Å². The monoisotopic (exact) mass is 234 g/mol. The first-order valence-electron chi connectivity index (χ1n) is 5.87. The van der Waals surface area contributed by atoms with Gasteiger partial charge in [-0.3, -0.25) is 0 Å². The summed E-state index contributed by atoms with van der Waals surface area (Å²) < 4.78 is 11.4. The molecule has 0 aromatic heterocycles. The van der Waals surface area contributed by atoms with Crippen molar-refractivity contribution in [3.8, 4) is 12.1 Å². The first-order chi connectivity index (χ1) is 8.04. The highest BCUT2D eigenvalue weighted by atomic mass is 16.7. The first kappa shape index (κ1) is 13.7. The fraction of sp³-hybridized carbons (Fsp3) is 0.692. The number of ether oxygens (including phenoxy) is 2. The fourth-order valence-corrected chi connectivity index (χ4v) is 1.95. The molecule has 1 aliphatic heterocycles. The van der Waals surface area contributed by atoms with Crippen molar-refractivity contribution in [2.24, 2.45) is 5.92 Å². The number of nitriles is 2. The maximum Gasteiger partial charge on any atom is 0.161 e.